The van der Waals surface area contributed by atoms with Crippen molar-refractivity contribution in [3.63, 3.8) is 0 Å². The Labute approximate surface area is 314 Å². The van der Waals surface area contributed by atoms with Crippen molar-refractivity contribution in [1.29, 1.82) is 0 Å². The van der Waals surface area contributed by atoms with E-state index in [2.05, 4.69) is 13.8 Å². The number of imidazole rings is 2. The van der Waals surface area contributed by atoms with Gasteiger partial charge < -0.3 is 8.83 Å². The van der Waals surface area contributed by atoms with Gasteiger partial charge in [-0.2, -0.15) is 9.97 Å². The van der Waals surface area contributed by atoms with Crippen molar-refractivity contribution in [2.75, 3.05) is 0 Å². The van der Waals surface area contributed by atoms with Crippen LogP contribution < -0.4 is 11.1 Å². The average molecular weight is 735 g/mol. The summed E-state index contributed by atoms with van der Waals surface area (Å²) in [6, 6.07) is 7.61. The Hall–Kier alpha value is -3.98. The standard InChI is InChI=1S/C44H54N4O4S/c1-3-5-7-9-11-13-15-17-19-21-23-29-27-33-41(51-29)45-39-37-35-31(43(49)47(33)39)25-26-32-36(35)38(53-37)40-46-42-34(48(40)44(32)50)28-30(52-42)24-22-20-18-16-14-12-10-8-6-4-2/h25-28H,3-24H2,1-2H3. The number of furan rings is 2. The summed E-state index contributed by atoms with van der Waals surface area (Å²) in [7, 11) is 0. The van der Waals surface area contributed by atoms with Crippen LogP contribution in [-0.2, 0) is 12.8 Å². The lowest BCUT2D eigenvalue weighted by molar-refractivity contribution is 0.511. The highest BCUT2D eigenvalue weighted by Crippen LogP contribution is 2.43. The van der Waals surface area contributed by atoms with Gasteiger partial charge in [0.25, 0.3) is 11.1 Å². The molecule has 1 aromatic carbocycles. The molecular weight excluding hydrogens is 681 g/mol. The Kier molecular flexibility index (Phi) is 11.0. The first-order chi connectivity index (χ1) is 26.1. The Morgan fingerprint density at radius 2 is 0.887 bits per heavy atom. The van der Waals surface area contributed by atoms with Crippen LogP contribution in [0.1, 0.15) is 154 Å². The number of rotatable bonds is 22. The number of aryl methyl sites for hydroxylation is 2. The molecule has 0 atom stereocenters. The second-order valence-electron chi connectivity index (χ2n) is 15.5. The molecule has 0 N–H and O–H groups in total. The van der Waals surface area contributed by atoms with Crippen LogP contribution >= 0.6 is 11.3 Å². The lowest BCUT2D eigenvalue weighted by Crippen LogP contribution is -2.15. The van der Waals surface area contributed by atoms with Crippen LogP contribution in [-0.4, -0.2) is 18.8 Å². The summed E-state index contributed by atoms with van der Waals surface area (Å²) >= 11 is 1.54. The van der Waals surface area contributed by atoms with Crippen molar-refractivity contribution in [2.24, 2.45) is 0 Å². The molecule has 0 bridgehead atoms. The third-order valence-electron chi connectivity index (χ3n) is 11.5. The highest BCUT2D eigenvalue weighted by atomic mass is 32.1. The number of benzene rings is 1. The maximum Gasteiger partial charge on any atom is 0.264 e. The van der Waals surface area contributed by atoms with Crippen molar-refractivity contribution in [3.8, 4) is 0 Å². The molecule has 0 saturated carbocycles. The third kappa shape index (κ3) is 6.94. The zero-order valence-electron chi connectivity index (χ0n) is 31.7. The van der Waals surface area contributed by atoms with E-state index in [-0.39, 0.29) is 11.1 Å². The fraction of sp³-hybridized carbons (Fsp3) is 0.545. The maximum absolute atomic E-state index is 14.1. The molecule has 53 heavy (non-hydrogen) atoms. The summed E-state index contributed by atoms with van der Waals surface area (Å²) < 4.78 is 17.6. The van der Waals surface area contributed by atoms with Gasteiger partial charge in [0.05, 0.1) is 9.40 Å². The molecule has 0 aliphatic rings. The quantitative estimate of drug-likeness (QED) is 0.0508. The highest BCUT2D eigenvalue weighted by Gasteiger charge is 2.26. The number of unbranched alkanes of at least 4 members (excludes halogenated alkanes) is 18. The van der Waals surface area contributed by atoms with E-state index in [4.69, 9.17) is 18.8 Å². The Morgan fingerprint density at radius 3 is 1.26 bits per heavy atom. The molecule has 0 aliphatic heterocycles. The minimum Gasteiger partial charge on any atom is -0.441 e. The summed E-state index contributed by atoms with van der Waals surface area (Å²) in [6.45, 7) is 4.53. The van der Waals surface area contributed by atoms with Crippen molar-refractivity contribution >= 4 is 76.0 Å². The molecule has 7 aromatic heterocycles. The van der Waals surface area contributed by atoms with Crippen molar-refractivity contribution in [1.82, 2.24) is 18.8 Å². The van der Waals surface area contributed by atoms with E-state index < -0.39 is 0 Å². The van der Waals surface area contributed by atoms with Gasteiger partial charge in [0.1, 0.15) is 22.6 Å². The first kappa shape index (κ1) is 36.0. The lowest BCUT2D eigenvalue weighted by Gasteiger charge is -2.04. The van der Waals surface area contributed by atoms with Crippen molar-refractivity contribution in [2.45, 2.75) is 155 Å². The van der Waals surface area contributed by atoms with E-state index in [1.165, 1.54) is 116 Å². The van der Waals surface area contributed by atoms with Crippen LogP contribution in [0.25, 0.3) is 64.7 Å². The molecule has 7 heterocycles. The van der Waals surface area contributed by atoms with E-state index in [0.29, 0.717) is 44.5 Å². The number of hydrogen-bond donors (Lipinski definition) is 0. The molecule has 8 nitrogen and oxygen atoms in total. The molecule has 0 spiro atoms. The summed E-state index contributed by atoms with van der Waals surface area (Å²) in [6.07, 6.45) is 27.4. The van der Waals surface area contributed by atoms with E-state index in [1.807, 2.05) is 24.3 Å². The maximum atomic E-state index is 14.1. The molecule has 0 amide bonds. The lowest BCUT2D eigenvalue weighted by atomic mass is 10.0. The molecule has 280 valence electrons. The van der Waals surface area contributed by atoms with Gasteiger partial charge in [0, 0.05) is 46.5 Å². The van der Waals surface area contributed by atoms with Gasteiger partial charge in [-0.1, -0.05) is 129 Å². The van der Waals surface area contributed by atoms with Gasteiger partial charge in [0.15, 0.2) is 11.3 Å². The molecule has 0 unspecified atom stereocenters. The zero-order chi connectivity index (χ0) is 36.3. The summed E-state index contributed by atoms with van der Waals surface area (Å²) in [5, 5.41) is 2.75. The summed E-state index contributed by atoms with van der Waals surface area (Å²) in [5.41, 5.74) is 3.30. The second kappa shape index (κ2) is 16.2. The zero-order valence-corrected chi connectivity index (χ0v) is 32.5. The van der Waals surface area contributed by atoms with Crippen LogP contribution in [0.5, 0.6) is 0 Å². The summed E-state index contributed by atoms with van der Waals surface area (Å²) in [4.78, 5) is 37.9. The number of thiophene rings is 1. The average Bonchev–Trinajstić information content (AvgIpc) is 3.97. The molecule has 0 saturated heterocycles. The van der Waals surface area contributed by atoms with Crippen LogP contribution in [0, 0.1) is 0 Å². The van der Waals surface area contributed by atoms with Gasteiger partial charge in [-0.25, -0.2) is 0 Å². The predicted octanol–water partition coefficient (Wildman–Crippen LogP) is 12.5. The summed E-state index contributed by atoms with van der Waals surface area (Å²) in [5.74, 6) is 1.76. The minimum absolute atomic E-state index is 0.135. The monoisotopic (exact) mass is 734 g/mol. The van der Waals surface area contributed by atoms with E-state index in [1.54, 1.807) is 20.1 Å². The molecule has 0 fully saturated rings. The van der Waals surface area contributed by atoms with Crippen LogP contribution in [0.15, 0.2) is 42.7 Å². The number of pyridine rings is 2. The van der Waals surface area contributed by atoms with Gasteiger partial charge in [-0.05, 0) is 25.0 Å². The van der Waals surface area contributed by atoms with E-state index in [9.17, 15) is 9.59 Å². The minimum atomic E-state index is -0.135. The highest BCUT2D eigenvalue weighted by molar-refractivity contribution is 7.27. The second-order valence-corrected chi connectivity index (χ2v) is 16.5. The molecule has 8 rings (SSSR count). The van der Waals surface area contributed by atoms with Gasteiger partial charge in [-0.15, -0.1) is 11.3 Å². The van der Waals surface area contributed by atoms with Gasteiger partial charge >= 0.3 is 0 Å². The topological polar surface area (TPSA) is 95.0 Å². The third-order valence-corrected chi connectivity index (χ3v) is 12.7. The molecule has 0 radical (unpaired) electrons. The van der Waals surface area contributed by atoms with Gasteiger partial charge in [0.2, 0.25) is 11.4 Å². The number of nitrogens with zero attached hydrogens (tertiary/aromatic N) is 4. The number of fused-ring (bicyclic) bond motifs is 8. The SMILES string of the molecule is CCCCCCCCCCCCc1cc2c(nc3c4sc5c6c(ccc(c(=O)n23)c46)c(=O)n2c3cc(CCCCCCCCCCCC)oc3nc52)o1. The Bertz CT molecular complexity index is 2390. The first-order valence-electron chi connectivity index (χ1n) is 20.8. The number of hydrogen-bond acceptors (Lipinski definition) is 7. The van der Waals surface area contributed by atoms with Gasteiger partial charge in [-0.3, -0.25) is 18.4 Å². The smallest absolute Gasteiger partial charge is 0.264 e. The first-order valence-corrected chi connectivity index (χ1v) is 21.6. The number of aromatic nitrogens is 4. The fourth-order valence-corrected chi connectivity index (χ4v) is 9.86. The van der Waals surface area contributed by atoms with Crippen LogP contribution in [0.2, 0.25) is 0 Å². The Morgan fingerprint density at radius 1 is 0.528 bits per heavy atom. The van der Waals surface area contributed by atoms with E-state index >= 15 is 0 Å². The van der Waals surface area contributed by atoms with Crippen molar-refractivity contribution < 1.29 is 8.83 Å². The molecular formula is C44H54N4O4S. The Balaban J connectivity index is 1.00. The van der Waals surface area contributed by atoms with Crippen LogP contribution in [0.4, 0.5) is 0 Å². The van der Waals surface area contributed by atoms with Crippen molar-refractivity contribution in [3.05, 3.63) is 56.5 Å². The fourth-order valence-electron chi connectivity index (χ4n) is 8.57. The molecule has 0 aliphatic carbocycles. The molecule has 9 heteroatoms. The predicted molar refractivity (Wildman–Crippen MR) is 220 cm³/mol. The largest absolute Gasteiger partial charge is 0.441 e. The van der Waals surface area contributed by atoms with E-state index in [0.717, 1.165) is 57.4 Å². The molecule has 8 aromatic rings. The van der Waals surface area contributed by atoms with Crippen LogP contribution in [0.3, 0.4) is 0 Å². The normalized spacial score (nSPS) is 12.6.